The third kappa shape index (κ3) is 6.46. The smallest absolute Gasteiger partial charge is 0.405 e. The van der Waals surface area contributed by atoms with Gasteiger partial charge in [0.25, 0.3) is 0 Å². The number of sulfone groups is 1. The third-order valence-electron chi connectivity index (χ3n) is 6.41. The zero-order valence-electron chi connectivity index (χ0n) is 21.0. The highest BCUT2D eigenvalue weighted by molar-refractivity contribution is 7.92. The fraction of sp³-hybridized carbons (Fsp3) is 0.308. The van der Waals surface area contributed by atoms with Crippen molar-refractivity contribution in [2.24, 2.45) is 0 Å². The molecule has 2 aromatic carbocycles. The van der Waals surface area contributed by atoms with E-state index in [0.29, 0.717) is 5.02 Å². The van der Waals surface area contributed by atoms with Crippen LogP contribution in [0.2, 0.25) is 5.02 Å². The zero-order valence-corrected chi connectivity index (χ0v) is 22.6. The van der Waals surface area contributed by atoms with Crippen molar-refractivity contribution in [1.29, 1.82) is 5.26 Å². The maximum atomic E-state index is 13.5. The van der Waals surface area contributed by atoms with Crippen molar-refractivity contribution in [2.45, 2.75) is 35.6 Å². The molecule has 1 aliphatic heterocycles. The Labute approximate surface area is 233 Å². The number of benzene rings is 2. The molecule has 9 nitrogen and oxygen atoms in total. The lowest BCUT2D eigenvalue weighted by Gasteiger charge is -2.21. The van der Waals surface area contributed by atoms with Crippen LogP contribution in [0.4, 0.5) is 23.8 Å². The molecule has 1 saturated heterocycles. The molecule has 1 amide bonds. The van der Waals surface area contributed by atoms with Gasteiger partial charge in [0.05, 0.1) is 21.9 Å². The predicted molar refractivity (Wildman–Crippen MR) is 140 cm³/mol. The van der Waals surface area contributed by atoms with E-state index < -0.39 is 37.8 Å². The van der Waals surface area contributed by atoms with Gasteiger partial charge in [-0.15, -0.1) is 0 Å². The topological polar surface area (TPSA) is 125 Å². The molecule has 2 heterocycles. The molecule has 14 heteroatoms. The Morgan fingerprint density at radius 1 is 1.25 bits per heavy atom. The van der Waals surface area contributed by atoms with Crippen molar-refractivity contribution >= 4 is 33.3 Å². The van der Waals surface area contributed by atoms with Crippen LogP contribution in [0.3, 0.4) is 0 Å². The van der Waals surface area contributed by atoms with E-state index in [4.69, 9.17) is 16.3 Å². The molecule has 1 unspecified atom stereocenters. The van der Waals surface area contributed by atoms with Gasteiger partial charge in [0.2, 0.25) is 5.82 Å². The molecular formula is C26H23ClF3N5O4S. The van der Waals surface area contributed by atoms with Crippen LogP contribution in [0.25, 0.3) is 0 Å². The Hall–Kier alpha value is -3.89. The number of nitriles is 1. The number of nitrogens with one attached hydrogen (secondary N) is 1. The number of carbonyl (C=O) groups excluding carboxylic acids is 1. The maximum Gasteiger partial charge on any atom is 0.417 e. The van der Waals surface area contributed by atoms with Crippen LogP contribution in [0.15, 0.2) is 59.6 Å². The number of nitrogens with zero attached hydrogens (tertiary/aromatic N) is 4. The molecule has 0 aliphatic carbocycles. The quantitative estimate of drug-likeness (QED) is 0.407. The minimum absolute atomic E-state index is 0.00927. The van der Waals surface area contributed by atoms with E-state index in [9.17, 15) is 31.6 Å². The molecule has 1 fully saturated rings. The number of hydrogen-bond donors (Lipinski definition) is 1. The highest BCUT2D eigenvalue weighted by Crippen LogP contribution is 2.38. The molecule has 1 N–H and O–H groups in total. The van der Waals surface area contributed by atoms with E-state index in [0.717, 1.165) is 30.0 Å². The summed E-state index contributed by atoms with van der Waals surface area (Å²) in [5.41, 5.74) is -0.306. The lowest BCUT2D eigenvalue weighted by molar-refractivity contribution is -0.139. The summed E-state index contributed by atoms with van der Waals surface area (Å²) in [6.07, 6.45) is -4.58. The summed E-state index contributed by atoms with van der Waals surface area (Å²) in [5.74, 6) is -0.489. The minimum Gasteiger partial charge on any atom is -0.405 e. The Bertz CT molecular complexity index is 1550. The van der Waals surface area contributed by atoms with Gasteiger partial charge in [-0.25, -0.2) is 18.2 Å². The van der Waals surface area contributed by atoms with Gasteiger partial charge in [-0.2, -0.15) is 23.4 Å². The lowest BCUT2D eigenvalue weighted by Crippen LogP contribution is -2.32. The highest BCUT2D eigenvalue weighted by atomic mass is 35.5. The van der Waals surface area contributed by atoms with Crippen molar-refractivity contribution < 1.29 is 31.1 Å². The predicted octanol–water partition coefficient (Wildman–Crippen LogP) is 4.97. The van der Waals surface area contributed by atoms with Crippen LogP contribution in [0.5, 0.6) is 5.75 Å². The van der Waals surface area contributed by atoms with E-state index in [-0.39, 0.29) is 49.4 Å². The van der Waals surface area contributed by atoms with Gasteiger partial charge in [0.1, 0.15) is 6.07 Å². The van der Waals surface area contributed by atoms with Crippen molar-refractivity contribution in [3.8, 4) is 11.8 Å². The molecular weight excluding hydrogens is 571 g/mol. The van der Waals surface area contributed by atoms with E-state index >= 15 is 0 Å². The van der Waals surface area contributed by atoms with Gasteiger partial charge in [0.15, 0.2) is 21.4 Å². The molecule has 2 atom stereocenters. The molecule has 0 radical (unpaired) electrons. The molecule has 4 rings (SSSR count). The third-order valence-corrected chi connectivity index (χ3v) is 8.90. The highest BCUT2D eigenvalue weighted by Gasteiger charge is 2.42. The Morgan fingerprint density at radius 3 is 2.62 bits per heavy atom. The number of rotatable bonds is 7. The molecule has 3 aromatic rings. The second-order valence-electron chi connectivity index (χ2n) is 9.11. The van der Waals surface area contributed by atoms with Gasteiger partial charge < -0.3 is 15.0 Å². The average molecular weight is 594 g/mol. The SMILES string of the molecule is CC(CNC(=O)Oc1cnc(C#N)nc1N1CC[C@H](S(=O)(=O)c2ccccc2C(F)(F)F)C1)c1ccc(Cl)cc1. The number of hydrogen-bond acceptors (Lipinski definition) is 8. The van der Waals surface area contributed by atoms with Crippen LogP contribution in [0.1, 0.15) is 36.2 Å². The minimum atomic E-state index is -4.85. The van der Waals surface area contributed by atoms with E-state index in [1.54, 1.807) is 18.2 Å². The number of amides is 1. The largest absolute Gasteiger partial charge is 0.417 e. The molecule has 40 heavy (non-hydrogen) atoms. The van der Waals surface area contributed by atoms with E-state index in [1.165, 1.54) is 11.0 Å². The summed E-state index contributed by atoms with van der Waals surface area (Å²) < 4.78 is 72.4. The second-order valence-corrected chi connectivity index (χ2v) is 11.7. The fourth-order valence-electron chi connectivity index (χ4n) is 4.30. The van der Waals surface area contributed by atoms with E-state index in [2.05, 4.69) is 15.3 Å². The molecule has 210 valence electrons. The monoisotopic (exact) mass is 593 g/mol. The van der Waals surface area contributed by atoms with Crippen LogP contribution in [0, 0.1) is 11.3 Å². The molecule has 1 aromatic heterocycles. The van der Waals surface area contributed by atoms with Crippen molar-refractivity contribution in [2.75, 3.05) is 24.5 Å². The number of ether oxygens (including phenoxy) is 1. The molecule has 0 saturated carbocycles. The Kier molecular flexibility index (Phi) is 8.51. The Balaban J connectivity index is 1.50. The summed E-state index contributed by atoms with van der Waals surface area (Å²) in [4.78, 5) is 21.1. The molecule has 0 spiro atoms. The van der Waals surface area contributed by atoms with Gasteiger partial charge in [-0.3, -0.25) is 0 Å². The van der Waals surface area contributed by atoms with Crippen LogP contribution in [-0.2, 0) is 16.0 Å². The van der Waals surface area contributed by atoms with Gasteiger partial charge in [0, 0.05) is 24.7 Å². The summed E-state index contributed by atoms with van der Waals surface area (Å²) in [5, 5.41) is 11.3. The summed E-state index contributed by atoms with van der Waals surface area (Å²) in [6, 6.07) is 12.9. The zero-order chi connectivity index (χ0) is 29.1. The fourth-order valence-corrected chi connectivity index (χ4v) is 6.33. The normalized spacial score (nSPS) is 16.3. The number of halogens is 4. The summed E-state index contributed by atoms with van der Waals surface area (Å²) in [7, 11) is -4.39. The number of aromatic nitrogens is 2. The van der Waals surface area contributed by atoms with Gasteiger partial charge >= 0.3 is 12.3 Å². The first-order chi connectivity index (χ1) is 18.9. The maximum absolute atomic E-state index is 13.5. The van der Waals surface area contributed by atoms with Crippen LogP contribution < -0.4 is 15.0 Å². The van der Waals surface area contributed by atoms with Crippen molar-refractivity contribution in [3.63, 3.8) is 0 Å². The first kappa shape index (κ1) is 29.1. The van der Waals surface area contributed by atoms with Crippen LogP contribution >= 0.6 is 11.6 Å². The standard InChI is InChI=1S/C26H23ClF3N5O4S/c1-16(17-6-8-18(27)9-7-17)13-33-25(36)39-21-14-32-23(12-31)34-24(21)35-11-10-19(15-35)40(37,38)22-5-3-2-4-20(22)26(28,29)30/h2-9,14,16,19H,10-11,13,15H2,1H3,(H,33,36)/t16?,19-/m0/s1. The molecule has 0 bridgehead atoms. The first-order valence-electron chi connectivity index (χ1n) is 12.0. The summed E-state index contributed by atoms with van der Waals surface area (Å²) >= 11 is 5.91. The second kappa shape index (κ2) is 11.7. The Morgan fingerprint density at radius 2 is 1.95 bits per heavy atom. The van der Waals surface area contributed by atoms with Crippen molar-refractivity contribution in [1.82, 2.24) is 15.3 Å². The van der Waals surface area contributed by atoms with Crippen molar-refractivity contribution in [3.05, 3.63) is 76.7 Å². The number of alkyl halides is 3. The van der Waals surface area contributed by atoms with Crippen LogP contribution in [-0.4, -0.2) is 49.4 Å². The first-order valence-corrected chi connectivity index (χ1v) is 14.0. The van der Waals surface area contributed by atoms with Gasteiger partial charge in [-0.05, 0) is 42.2 Å². The summed E-state index contributed by atoms with van der Waals surface area (Å²) in [6.45, 7) is 1.95. The average Bonchev–Trinajstić information content (AvgIpc) is 3.43. The molecule has 1 aliphatic rings. The van der Waals surface area contributed by atoms with Gasteiger partial charge in [-0.1, -0.05) is 42.8 Å². The van der Waals surface area contributed by atoms with E-state index in [1.807, 2.05) is 19.1 Å². The lowest BCUT2D eigenvalue weighted by atomic mass is 10.0. The number of carbonyl (C=O) groups is 1. The number of anilines is 1.